The van der Waals surface area contributed by atoms with Crippen molar-refractivity contribution in [2.75, 3.05) is 40.0 Å². The molecule has 1 saturated heterocycles. The second kappa shape index (κ2) is 5.63. The summed E-state index contributed by atoms with van der Waals surface area (Å²) < 4.78 is 13.1. The van der Waals surface area contributed by atoms with E-state index in [4.69, 9.17) is 9.47 Å². The zero-order chi connectivity index (χ0) is 13.1. The number of hydrogen-bond acceptors (Lipinski definition) is 3. The summed E-state index contributed by atoms with van der Waals surface area (Å²) in [5, 5.41) is 1.19. The lowest BCUT2D eigenvalue weighted by Crippen LogP contribution is -2.38. The number of morpholine rings is 1. The predicted octanol–water partition coefficient (Wildman–Crippen LogP) is 1.98. The fourth-order valence-electron chi connectivity index (χ4n) is 2.64. The molecule has 0 spiro atoms. The molecule has 1 aromatic carbocycles. The minimum atomic E-state index is 0.861. The molecule has 0 bridgehead atoms. The molecule has 102 valence electrons. The van der Waals surface area contributed by atoms with Gasteiger partial charge in [0.1, 0.15) is 5.75 Å². The standard InChI is InChI=1S/C15H20N2O2/c1-18-15-4-2-3-14-13(15)5-6-17(14)8-7-16-9-11-19-12-10-16/h2-6H,7-12H2,1H3. The van der Waals surface area contributed by atoms with Gasteiger partial charge in [-0.2, -0.15) is 0 Å². The molecule has 19 heavy (non-hydrogen) atoms. The van der Waals surface area contributed by atoms with Gasteiger partial charge in [0.15, 0.2) is 0 Å². The molecule has 0 atom stereocenters. The zero-order valence-corrected chi connectivity index (χ0v) is 11.3. The summed E-state index contributed by atoms with van der Waals surface area (Å²) in [6, 6.07) is 8.34. The first-order valence-corrected chi connectivity index (χ1v) is 6.80. The maximum atomic E-state index is 5.39. The van der Waals surface area contributed by atoms with Crippen molar-refractivity contribution in [3.63, 3.8) is 0 Å². The fourth-order valence-corrected chi connectivity index (χ4v) is 2.64. The maximum Gasteiger partial charge on any atom is 0.128 e. The quantitative estimate of drug-likeness (QED) is 0.841. The summed E-state index contributed by atoms with van der Waals surface area (Å²) >= 11 is 0. The first-order valence-electron chi connectivity index (χ1n) is 6.80. The number of rotatable bonds is 4. The molecule has 2 aromatic rings. The van der Waals surface area contributed by atoms with Crippen LogP contribution in [0.15, 0.2) is 30.5 Å². The molecule has 0 N–H and O–H groups in total. The van der Waals surface area contributed by atoms with Crippen LogP contribution < -0.4 is 4.74 Å². The Labute approximate surface area is 113 Å². The number of ether oxygens (including phenoxy) is 2. The number of methoxy groups -OCH3 is 1. The Kier molecular flexibility index (Phi) is 3.71. The lowest BCUT2D eigenvalue weighted by atomic mass is 10.2. The van der Waals surface area contributed by atoms with E-state index in [2.05, 4.69) is 27.8 Å². The third-order valence-corrected chi connectivity index (χ3v) is 3.75. The predicted molar refractivity (Wildman–Crippen MR) is 75.7 cm³/mol. The van der Waals surface area contributed by atoms with E-state index in [1.54, 1.807) is 7.11 Å². The van der Waals surface area contributed by atoms with Gasteiger partial charge >= 0.3 is 0 Å². The molecule has 0 aliphatic carbocycles. The highest BCUT2D eigenvalue weighted by atomic mass is 16.5. The Bertz CT molecular complexity index is 544. The van der Waals surface area contributed by atoms with Crippen LogP contribution in [-0.2, 0) is 11.3 Å². The van der Waals surface area contributed by atoms with Crippen LogP contribution >= 0.6 is 0 Å². The van der Waals surface area contributed by atoms with Crippen molar-refractivity contribution in [2.24, 2.45) is 0 Å². The molecule has 0 unspecified atom stereocenters. The molecule has 0 amide bonds. The Morgan fingerprint density at radius 2 is 2.00 bits per heavy atom. The number of nitrogens with zero attached hydrogens (tertiary/aromatic N) is 2. The van der Waals surface area contributed by atoms with E-state index in [1.165, 1.54) is 10.9 Å². The normalized spacial score (nSPS) is 16.9. The molecule has 1 aliphatic heterocycles. The van der Waals surface area contributed by atoms with Crippen molar-refractivity contribution in [3.8, 4) is 5.75 Å². The molecule has 2 heterocycles. The molecule has 1 aliphatic rings. The molecule has 3 rings (SSSR count). The highest BCUT2D eigenvalue weighted by Crippen LogP contribution is 2.26. The van der Waals surface area contributed by atoms with Crippen molar-refractivity contribution in [3.05, 3.63) is 30.5 Å². The summed E-state index contributed by atoms with van der Waals surface area (Å²) in [6.07, 6.45) is 2.15. The van der Waals surface area contributed by atoms with Gasteiger partial charge in [-0.1, -0.05) is 6.07 Å². The average molecular weight is 260 g/mol. The van der Waals surface area contributed by atoms with Crippen molar-refractivity contribution in [1.29, 1.82) is 0 Å². The minimum absolute atomic E-state index is 0.861. The van der Waals surface area contributed by atoms with Gasteiger partial charge in [-0.25, -0.2) is 0 Å². The van der Waals surface area contributed by atoms with Gasteiger partial charge in [-0.3, -0.25) is 4.90 Å². The lowest BCUT2D eigenvalue weighted by Gasteiger charge is -2.26. The van der Waals surface area contributed by atoms with Crippen molar-refractivity contribution in [1.82, 2.24) is 9.47 Å². The SMILES string of the molecule is COc1cccc2c1ccn2CCN1CCOCC1. The van der Waals surface area contributed by atoms with E-state index in [9.17, 15) is 0 Å². The van der Waals surface area contributed by atoms with Crippen molar-refractivity contribution >= 4 is 10.9 Å². The summed E-state index contributed by atoms with van der Waals surface area (Å²) in [5.74, 6) is 0.947. The van der Waals surface area contributed by atoms with Gasteiger partial charge in [0.25, 0.3) is 0 Å². The van der Waals surface area contributed by atoms with Gasteiger partial charge in [0, 0.05) is 37.8 Å². The Morgan fingerprint density at radius 1 is 1.16 bits per heavy atom. The smallest absolute Gasteiger partial charge is 0.128 e. The van der Waals surface area contributed by atoms with E-state index in [-0.39, 0.29) is 0 Å². The molecule has 4 heteroatoms. The summed E-state index contributed by atoms with van der Waals surface area (Å²) in [5.41, 5.74) is 1.24. The first-order chi connectivity index (χ1) is 9.38. The van der Waals surface area contributed by atoms with E-state index in [0.717, 1.165) is 45.1 Å². The van der Waals surface area contributed by atoms with E-state index in [0.29, 0.717) is 0 Å². The Hall–Kier alpha value is -1.52. The number of benzene rings is 1. The van der Waals surface area contributed by atoms with Crippen molar-refractivity contribution in [2.45, 2.75) is 6.54 Å². The van der Waals surface area contributed by atoms with Crippen LogP contribution in [0.25, 0.3) is 10.9 Å². The molecule has 0 saturated carbocycles. The third-order valence-electron chi connectivity index (χ3n) is 3.75. The first kappa shape index (κ1) is 12.5. The largest absolute Gasteiger partial charge is 0.496 e. The highest BCUT2D eigenvalue weighted by molar-refractivity contribution is 5.86. The van der Waals surface area contributed by atoms with Gasteiger partial charge in [0.2, 0.25) is 0 Å². The molecular weight excluding hydrogens is 240 g/mol. The average Bonchev–Trinajstić information content (AvgIpc) is 2.89. The highest BCUT2D eigenvalue weighted by Gasteiger charge is 2.11. The second-order valence-corrected chi connectivity index (χ2v) is 4.86. The molecule has 1 aromatic heterocycles. The molecular formula is C15H20N2O2. The van der Waals surface area contributed by atoms with Crippen LogP contribution in [0.4, 0.5) is 0 Å². The lowest BCUT2D eigenvalue weighted by molar-refractivity contribution is 0.0365. The van der Waals surface area contributed by atoms with Crippen LogP contribution in [0.1, 0.15) is 0 Å². The van der Waals surface area contributed by atoms with Crippen LogP contribution in [0.3, 0.4) is 0 Å². The number of aromatic nitrogens is 1. The summed E-state index contributed by atoms with van der Waals surface area (Å²) in [6.45, 7) is 5.90. The Balaban J connectivity index is 1.74. The second-order valence-electron chi connectivity index (χ2n) is 4.86. The molecule has 0 radical (unpaired) electrons. The monoisotopic (exact) mass is 260 g/mol. The Morgan fingerprint density at radius 3 is 2.79 bits per heavy atom. The van der Waals surface area contributed by atoms with Gasteiger partial charge in [-0.15, -0.1) is 0 Å². The fraction of sp³-hybridized carbons (Fsp3) is 0.467. The topological polar surface area (TPSA) is 26.6 Å². The maximum absolute atomic E-state index is 5.39. The van der Waals surface area contributed by atoms with E-state index < -0.39 is 0 Å². The minimum Gasteiger partial charge on any atom is -0.496 e. The van der Waals surface area contributed by atoms with Crippen LogP contribution in [0, 0.1) is 0 Å². The summed E-state index contributed by atoms with van der Waals surface area (Å²) in [4.78, 5) is 2.45. The van der Waals surface area contributed by atoms with Gasteiger partial charge in [-0.05, 0) is 18.2 Å². The molecule has 4 nitrogen and oxygen atoms in total. The van der Waals surface area contributed by atoms with E-state index in [1.807, 2.05) is 12.1 Å². The third kappa shape index (κ3) is 2.60. The van der Waals surface area contributed by atoms with Crippen LogP contribution in [-0.4, -0.2) is 49.4 Å². The summed E-state index contributed by atoms with van der Waals surface area (Å²) in [7, 11) is 1.72. The van der Waals surface area contributed by atoms with Crippen LogP contribution in [0.2, 0.25) is 0 Å². The van der Waals surface area contributed by atoms with Crippen LogP contribution in [0.5, 0.6) is 5.75 Å². The van der Waals surface area contributed by atoms with Crippen molar-refractivity contribution < 1.29 is 9.47 Å². The van der Waals surface area contributed by atoms with E-state index >= 15 is 0 Å². The number of fused-ring (bicyclic) bond motifs is 1. The zero-order valence-electron chi connectivity index (χ0n) is 11.3. The van der Waals surface area contributed by atoms with Gasteiger partial charge < -0.3 is 14.0 Å². The number of hydrogen-bond donors (Lipinski definition) is 0. The molecule has 1 fully saturated rings. The van der Waals surface area contributed by atoms with Gasteiger partial charge in [0.05, 0.1) is 25.8 Å².